The van der Waals surface area contributed by atoms with Gasteiger partial charge in [-0.3, -0.25) is 0 Å². The first-order valence-electron chi connectivity index (χ1n) is 11.8. The second-order valence-electron chi connectivity index (χ2n) is 8.00. The molecule has 0 aromatic heterocycles. The molecule has 0 N–H and O–H groups in total. The van der Waals surface area contributed by atoms with Crippen molar-refractivity contribution < 1.29 is 16.5 Å². The molecule has 0 radical (unpaired) electrons. The Morgan fingerprint density at radius 2 is 0.629 bits per heavy atom. The van der Waals surface area contributed by atoms with E-state index in [2.05, 4.69) is 127 Å². The van der Waals surface area contributed by atoms with Gasteiger partial charge in [0, 0.05) is 0 Å². The van der Waals surface area contributed by atoms with E-state index in [1.165, 1.54) is 33.5 Å². The fraction of sp³-hybridized carbons (Fsp3) is 0.0625. The maximum Gasteiger partial charge on any atom is 0.101 e. The van der Waals surface area contributed by atoms with Crippen LogP contribution in [0.1, 0.15) is 0 Å². The minimum atomic E-state index is -0.783. The summed E-state index contributed by atoms with van der Waals surface area (Å²) in [5, 5.41) is 6.06. The molecule has 0 spiro atoms. The monoisotopic (exact) mass is 536 g/mol. The second kappa shape index (κ2) is 15.4. The Kier molecular flexibility index (Phi) is 11.9. The molecule has 0 saturated carbocycles. The van der Waals surface area contributed by atoms with Crippen LogP contribution in [0.3, 0.4) is 0 Å². The average molecular weight is 537 g/mol. The van der Waals surface area contributed by atoms with Gasteiger partial charge in [0.25, 0.3) is 0 Å². The summed E-state index contributed by atoms with van der Waals surface area (Å²) >= 11 is 0. The Bertz CT molecular complexity index is 996. The quantitative estimate of drug-likeness (QED) is 0.137. The fourth-order valence-corrected chi connectivity index (χ4v) is 10.3. The van der Waals surface area contributed by atoms with Crippen molar-refractivity contribution >= 4 is 37.1 Å². The minimum Gasteiger partial charge on any atom is -0.184 e. The largest absolute Gasteiger partial charge is 0.184 e. The molecule has 0 unspecified atom stereocenters. The molecular weight excluding hydrogens is 505 g/mol. The van der Waals surface area contributed by atoms with Crippen LogP contribution in [0.2, 0.25) is 0 Å². The fourth-order valence-electron chi connectivity index (χ4n) is 4.06. The van der Waals surface area contributed by atoms with E-state index in [4.69, 9.17) is 0 Å². The van der Waals surface area contributed by atoms with Gasteiger partial charge in [-0.2, -0.15) is 36.4 Å². The molecule has 0 atom stereocenters. The number of hydrogen-bond donors (Lipinski definition) is 0. The topological polar surface area (TPSA) is 0 Å². The zero-order chi connectivity index (χ0) is 23.3. The molecule has 0 nitrogen and oxygen atoms in total. The summed E-state index contributed by atoms with van der Waals surface area (Å²) in [5.41, 5.74) is 0. The molecule has 0 saturated heterocycles. The zero-order valence-corrected chi connectivity index (χ0v) is 22.7. The van der Waals surface area contributed by atoms with Crippen LogP contribution in [0.5, 0.6) is 0 Å². The van der Waals surface area contributed by atoms with Gasteiger partial charge in [-0.25, -0.2) is 0 Å². The third-order valence-corrected chi connectivity index (χ3v) is 11.8. The van der Waals surface area contributed by atoms with Crippen molar-refractivity contribution in [1.29, 1.82) is 0 Å². The van der Waals surface area contributed by atoms with Crippen LogP contribution in [-0.2, 0) is 16.5 Å². The molecule has 0 amide bonds. The van der Waals surface area contributed by atoms with Crippen LogP contribution in [0.15, 0.2) is 152 Å². The van der Waals surface area contributed by atoms with E-state index in [-0.39, 0.29) is 16.5 Å². The predicted octanol–water partition coefficient (Wildman–Crippen LogP) is 5.93. The zero-order valence-electron chi connectivity index (χ0n) is 19.7. The molecule has 5 aromatic carbocycles. The van der Waals surface area contributed by atoms with Gasteiger partial charge in [-0.15, -0.1) is 0 Å². The van der Waals surface area contributed by atoms with Crippen molar-refractivity contribution in [3.05, 3.63) is 158 Å². The molecule has 5 rings (SSSR count). The average Bonchev–Trinajstić information content (AvgIpc) is 2.94. The number of rotatable bonds is 7. The van der Waals surface area contributed by atoms with E-state index in [1.54, 1.807) is 0 Å². The Balaban J connectivity index is 0.000000429. The maximum absolute atomic E-state index is 2.89. The molecule has 0 aliphatic rings. The van der Waals surface area contributed by atoms with E-state index in [0.717, 1.165) is 0 Å². The Labute approximate surface area is 222 Å². The molecule has 0 heterocycles. The Morgan fingerprint density at radius 1 is 0.371 bits per heavy atom. The van der Waals surface area contributed by atoms with Crippen molar-refractivity contribution in [3.8, 4) is 0 Å². The molecule has 179 valence electrons. The predicted molar refractivity (Wildman–Crippen MR) is 157 cm³/mol. The minimum absolute atomic E-state index is 0. The molecule has 5 aromatic rings. The summed E-state index contributed by atoms with van der Waals surface area (Å²) in [7, 11) is -1.57. The van der Waals surface area contributed by atoms with Crippen LogP contribution in [0, 0.1) is 6.07 Å². The Hall–Kier alpha value is -2.55. The first-order valence-corrected chi connectivity index (χ1v) is 15.2. The summed E-state index contributed by atoms with van der Waals surface area (Å²) in [6.45, 7) is 0. The van der Waals surface area contributed by atoms with Crippen molar-refractivity contribution in [3.63, 3.8) is 0 Å². The van der Waals surface area contributed by atoms with E-state index in [0.29, 0.717) is 0 Å². The van der Waals surface area contributed by atoms with Gasteiger partial charge in [-0.05, 0) is 48.5 Å². The summed E-state index contributed by atoms with van der Waals surface area (Å²) in [5.74, 6) is 0. The van der Waals surface area contributed by atoms with Crippen LogP contribution >= 0.6 is 15.8 Å². The molecular formula is C32H32NiP2+. The summed E-state index contributed by atoms with van der Waals surface area (Å²) in [6, 6.07) is 57.0. The van der Waals surface area contributed by atoms with Crippen LogP contribution < -0.4 is 21.2 Å². The van der Waals surface area contributed by atoms with Crippen molar-refractivity contribution in [1.82, 2.24) is 0 Å². The summed E-state index contributed by atoms with van der Waals surface area (Å²) in [4.78, 5) is 0. The van der Waals surface area contributed by atoms with Crippen LogP contribution in [-0.4, -0.2) is 12.3 Å². The number of benzene rings is 5. The SMILES string of the molecule is [NiH].[c-]1ccccc1.c1ccc([PH+](CC[PH+](c2ccccc2)c2ccccc2)c2ccccc2)cc1. The van der Waals surface area contributed by atoms with Crippen molar-refractivity contribution in [2.75, 3.05) is 12.3 Å². The molecule has 0 fully saturated rings. The summed E-state index contributed by atoms with van der Waals surface area (Å²) < 4.78 is 0. The summed E-state index contributed by atoms with van der Waals surface area (Å²) in [6.07, 6.45) is 2.52. The van der Waals surface area contributed by atoms with Gasteiger partial charge < -0.3 is 0 Å². The van der Waals surface area contributed by atoms with E-state index < -0.39 is 15.8 Å². The molecule has 0 aliphatic heterocycles. The third-order valence-electron chi connectivity index (χ3n) is 5.72. The van der Waals surface area contributed by atoms with Gasteiger partial charge in [0.1, 0.15) is 12.3 Å². The first kappa shape index (κ1) is 27.0. The van der Waals surface area contributed by atoms with Gasteiger partial charge in [-0.1, -0.05) is 72.8 Å². The van der Waals surface area contributed by atoms with Gasteiger partial charge >= 0.3 is 16.5 Å². The van der Waals surface area contributed by atoms with Crippen LogP contribution in [0.25, 0.3) is 0 Å². The van der Waals surface area contributed by atoms with Crippen molar-refractivity contribution in [2.45, 2.75) is 0 Å². The molecule has 0 bridgehead atoms. The standard InChI is InChI=1S/C26H24P2.C6H5.Ni.H/c1-5-13-23(14-6-1)27(24-15-7-2-8-16-24)21-22-28(25-17-9-3-10-18-25)26-19-11-4-12-20-26;1-2-4-6-5-3-1;;/h1-20H,21-22H2;1-5H;;/q;-1;;/p+2. The van der Waals surface area contributed by atoms with Gasteiger partial charge in [0.15, 0.2) is 0 Å². The van der Waals surface area contributed by atoms with E-state index in [9.17, 15) is 0 Å². The van der Waals surface area contributed by atoms with Gasteiger partial charge in [0.2, 0.25) is 0 Å². The normalized spacial score (nSPS) is 10.2. The van der Waals surface area contributed by atoms with E-state index in [1.807, 2.05) is 30.3 Å². The van der Waals surface area contributed by atoms with Crippen molar-refractivity contribution in [2.24, 2.45) is 0 Å². The molecule has 0 aliphatic carbocycles. The number of hydrogen-bond acceptors (Lipinski definition) is 0. The van der Waals surface area contributed by atoms with Crippen LogP contribution in [0.4, 0.5) is 0 Å². The van der Waals surface area contributed by atoms with E-state index >= 15 is 0 Å². The molecule has 3 heteroatoms. The molecule has 35 heavy (non-hydrogen) atoms. The smallest absolute Gasteiger partial charge is 0.101 e. The second-order valence-corrected chi connectivity index (χ2v) is 13.2. The Morgan fingerprint density at radius 3 is 0.829 bits per heavy atom. The van der Waals surface area contributed by atoms with Gasteiger partial charge in [0.05, 0.1) is 37.1 Å². The maximum atomic E-state index is 2.89. The third kappa shape index (κ3) is 8.56. The first-order chi connectivity index (χ1) is 16.9.